The van der Waals surface area contributed by atoms with Crippen molar-refractivity contribution >= 4 is 17.8 Å². The second-order valence-electron chi connectivity index (χ2n) is 4.06. The van der Waals surface area contributed by atoms with Crippen molar-refractivity contribution in [2.75, 3.05) is 19.7 Å². The van der Waals surface area contributed by atoms with Crippen LogP contribution in [0.3, 0.4) is 0 Å². The van der Waals surface area contributed by atoms with E-state index in [2.05, 4.69) is 13.2 Å². The second kappa shape index (κ2) is 8.22. The Balaban J connectivity index is 5.13. The summed E-state index contributed by atoms with van der Waals surface area (Å²) >= 11 is 0. The highest BCUT2D eigenvalue weighted by Crippen LogP contribution is 2.11. The van der Waals surface area contributed by atoms with Crippen LogP contribution in [0.2, 0.25) is 0 Å². The first kappa shape index (κ1) is 18.0. The van der Waals surface area contributed by atoms with E-state index in [1.807, 2.05) is 0 Å². The SMILES string of the molecule is C=CC(=O)[N+](CC)(CC)C(=O)C=CC(=C)C(=O)OCC. The Kier molecular flexibility index (Phi) is 7.39. The Morgan fingerprint density at radius 2 is 1.60 bits per heavy atom. The van der Waals surface area contributed by atoms with Crippen molar-refractivity contribution in [2.24, 2.45) is 0 Å². The van der Waals surface area contributed by atoms with E-state index in [9.17, 15) is 14.4 Å². The van der Waals surface area contributed by atoms with E-state index in [1.165, 1.54) is 12.2 Å². The summed E-state index contributed by atoms with van der Waals surface area (Å²) < 4.78 is 4.39. The van der Waals surface area contributed by atoms with E-state index in [-0.39, 0.29) is 22.6 Å². The average Bonchev–Trinajstić information content (AvgIpc) is 2.46. The molecule has 0 aliphatic heterocycles. The molecule has 0 aromatic rings. The van der Waals surface area contributed by atoms with Crippen LogP contribution in [0.1, 0.15) is 20.8 Å². The molecule has 0 radical (unpaired) electrons. The third kappa shape index (κ3) is 3.99. The molecule has 0 saturated heterocycles. The predicted molar refractivity (Wildman–Crippen MR) is 76.5 cm³/mol. The Bertz CT molecular complexity index is 445. The molecule has 0 heterocycles. The number of carbonyl (C=O) groups is 3. The highest BCUT2D eigenvalue weighted by molar-refractivity contribution is 5.97. The van der Waals surface area contributed by atoms with Gasteiger partial charge < -0.3 is 4.74 Å². The Morgan fingerprint density at radius 1 is 1.05 bits per heavy atom. The van der Waals surface area contributed by atoms with Crippen molar-refractivity contribution in [3.8, 4) is 0 Å². The lowest BCUT2D eigenvalue weighted by atomic mass is 10.2. The van der Waals surface area contributed by atoms with Gasteiger partial charge in [0.2, 0.25) is 0 Å². The average molecular weight is 280 g/mol. The number of quaternary nitrogens is 1. The van der Waals surface area contributed by atoms with Gasteiger partial charge in [0.1, 0.15) is 0 Å². The molecule has 0 aromatic heterocycles. The zero-order valence-corrected chi connectivity index (χ0v) is 12.3. The normalized spacial score (nSPS) is 11.2. The number of esters is 1. The van der Waals surface area contributed by atoms with Crippen LogP contribution in [0.25, 0.3) is 0 Å². The van der Waals surface area contributed by atoms with E-state index >= 15 is 0 Å². The van der Waals surface area contributed by atoms with E-state index in [0.29, 0.717) is 13.1 Å². The lowest BCUT2D eigenvalue weighted by Gasteiger charge is -2.28. The maximum absolute atomic E-state index is 12.2. The molecule has 0 spiro atoms. The summed E-state index contributed by atoms with van der Waals surface area (Å²) in [5.74, 6) is -1.37. The highest BCUT2D eigenvalue weighted by Gasteiger charge is 2.38. The first-order valence-corrected chi connectivity index (χ1v) is 6.52. The van der Waals surface area contributed by atoms with Gasteiger partial charge in [-0.3, -0.25) is 0 Å². The number of hydrogen-bond donors (Lipinski definition) is 0. The number of imide groups is 1. The fraction of sp³-hybridized carbons (Fsp3) is 0.400. The van der Waals surface area contributed by atoms with E-state index in [1.54, 1.807) is 20.8 Å². The Morgan fingerprint density at radius 3 is 2.00 bits per heavy atom. The van der Waals surface area contributed by atoms with Gasteiger partial charge in [-0.25, -0.2) is 14.4 Å². The molecular weight excluding hydrogens is 258 g/mol. The fourth-order valence-corrected chi connectivity index (χ4v) is 1.74. The van der Waals surface area contributed by atoms with Gasteiger partial charge in [0.15, 0.2) is 0 Å². The van der Waals surface area contributed by atoms with Gasteiger partial charge in [0.05, 0.1) is 25.3 Å². The third-order valence-corrected chi connectivity index (χ3v) is 3.06. The van der Waals surface area contributed by atoms with Crippen molar-refractivity contribution < 1.29 is 23.6 Å². The summed E-state index contributed by atoms with van der Waals surface area (Å²) in [6.45, 7) is 13.0. The summed E-state index contributed by atoms with van der Waals surface area (Å²) in [7, 11) is 0. The molecule has 20 heavy (non-hydrogen) atoms. The molecule has 0 aliphatic rings. The van der Waals surface area contributed by atoms with Crippen molar-refractivity contribution in [2.45, 2.75) is 20.8 Å². The van der Waals surface area contributed by atoms with Crippen LogP contribution < -0.4 is 0 Å². The van der Waals surface area contributed by atoms with Crippen LogP contribution in [0, 0.1) is 0 Å². The number of hydrogen-bond acceptors (Lipinski definition) is 4. The number of carbonyl (C=O) groups excluding carboxylic acids is 3. The zero-order valence-electron chi connectivity index (χ0n) is 12.3. The summed E-state index contributed by atoms with van der Waals surface area (Å²) in [4.78, 5) is 35.5. The summed E-state index contributed by atoms with van der Waals surface area (Å²) in [6, 6.07) is 0. The molecular formula is C15H22NO4+. The monoisotopic (exact) mass is 280 g/mol. The predicted octanol–water partition coefficient (Wildman–Crippen LogP) is 1.76. The lowest BCUT2D eigenvalue weighted by Crippen LogP contribution is -2.55. The summed E-state index contributed by atoms with van der Waals surface area (Å²) in [5, 5.41) is 0. The van der Waals surface area contributed by atoms with Crippen LogP contribution in [0.5, 0.6) is 0 Å². The quantitative estimate of drug-likeness (QED) is 0.308. The molecule has 0 bridgehead atoms. The van der Waals surface area contributed by atoms with Crippen LogP contribution in [-0.4, -0.2) is 42.0 Å². The molecule has 0 N–H and O–H groups in total. The van der Waals surface area contributed by atoms with Gasteiger partial charge >= 0.3 is 17.8 Å². The standard InChI is InChI=1S/C15H22NO4/c1-6-13(17)16(7-2,8-3)14(18)11-10-12(5)15(19)20-9-4/h6,10-11H,1,5,7-9H2,2-4H3/q+1. The number of nitrogens with zero attached hydrogens (tertiary/aromatic N) is 1. The van der Waals surface area contributed by atoms with Gasteiger partial charge in [-0.1, -0.05) is 13.2 Å². The first-order valence-electron chi connectivity index (χ1n) is 6.52. The van der Waals surface area contributed by atoms with Crippen LogP contribution >= 0.6 is 0 Å². The van der Waals surface area contributed by atoms with E-state index < -0.39 is 11.9 Å². The third-order valence-electron chi connectivity index (χ3n) is 3.06. The molecule has 0 aliphatic carbocycles. The van der Waals surface area contributed by atoms with Crippen LogP contribution in [0.15, 0.2) is 37.0 Å². The largest absolute Gasteiger partial charge is 0.462 e. The van der Waals surface area contributed by atoms with E-state index in [4.69, 9.17) is 4.74 Å². The van der Waals surface area contributed by atoms with Gasteiger partial charge in [0, 0.05) is 12.2 Å². The minimum Gasteiger partial charge on any atom is -0.462 e. The Hall–Kier alpha value is -2.01. The molecule has 0 aromatic carbocycles. The molecule has 5 heteroatoms. The Labute approximate surface area is 119 Å². The molecule has 2 amide bonds. The van der Waals surface area contributed by atoms with E-state index in [0.717, 1.165) is 6.08 Å². The molecule has 0 atom stereocenters. The van der Waals surface area contributed by atoms with Gasteiger partial charge in [0.25, 0.3) is 0 Å². The minimum atomic E-state index is -0.585. The van der Waals surface area contributed by atoms with Crippen LogP contribution in [-0.2, 0) is 19.1 Å². The molecule has 0 unspecified atom stereocenters. The van der Waals surface area contributed by atoms with Gasteiger partial charge in [-0.05, 0) is 26.8 Å². The zero-order chi connectivity index (χ0) is 15.8. The maximum atomic E-state index is 12.2. The van der Waals surface area contributed by atoms with Crippen molar-refractivity contribution in [3.05, 3.63) is 37.0 Å². The molecule has 0 rings (SSSR count). The number of rotatable bonds is 7. The number of ether oxygens (including phenoxy) is 1. The second-order valence-corrected chi connectivity index (χ2v) is 4.06. The highest BCUT2D eigenvalue weighted by atomic mass is 16.5. The van der Waals surface area contributed by atoms with Crippen molar-refractivity contribution in [3.63, 3.8) is 0 Å². The molecule has 0 saturated carbocycles. The fourth-order valence-electron chi connectivity index (χ4n) is 1.74. The first-order chi connectivity index (χ1) is 9.39. The maximum Gasteiger partial charge on any atom is 0.346 e. The van der Waals surface area contributed by atoms with Gasteiger partial charge in [-0.2, -0.15) is 4.48 Å². The smallest absolute Gasteiger partial charge is 0.346 e. The minimum absolute atomic E-state index is 0.0663. The van der Waals surface area contributed by atoms with Crippen molar-refractivity contribution in [1.29, 1.82) is 0 Å². The molecule has 5 nitrogen and oxygen atoms in total. The lowest BCUT2D eigenvalue weighted by molar-refractivity contribution is -0.769. The van der Waals surface area contributed by atoms with Crippen LogP contribution in [0.4, 0.5) is 0 Å². The number of likely N-dealkylation sites (N-methyl/N-ethyl adjacent to an activating group) is 1. The summed E-state index contributed by atoms with van der Waals surface area (Å²) in [6.07, 6.45) is 3.60. The molecule has 0 fully saturated rings. The van der Waals surface area contributed by atoms with Crippen molar-refractivity contribution in [1.82, 2.24) is 0 Å². The molecule has 110 valence electrons. The number of amides is 2. The van der Waals surface area contributed by atoms with Gasteiger partial charge in [-0.15, -0.1) is 0 Å². The summed E-state index contributed by atoms with van der Waals surface area (Å²) in [5.41, 5.74) is 0.0663. The topological polar surface area (TPSA) is 60.4 Å².